The van der Waals surface area contributed by atoms with Crippen LogP contribution in [0.4, 0.5) is 0 Å². The molecular formula is C17H24O5. The maximum atomic E-state index is 12.0. The van der Waals surface area contributed by atoms with Gasteiger partial charge in [-0.3, -0.25) is 4.79 Å². The molecule has 0 amide bonds. The van der Waals surface area contributed by atoms with E-state index >= 15 is 0 Å². The summed E-state index contributed by atoms with van der Waals surface area (Å²) >= 11 is 0. The van der Waals surface area contributed by atoms with E-state index in [4.69, 9.17) is 14.2 Å². The highest BCUT2D eigenvalue weighted by Crippen LogP contribution is 2.34. The zero-order chi connectivity index (χ0) is 15.4. The summed E-state index contributed by atoms with van der Waals surface area (Å²) in [6.07, 6.45) is 12.1. The smallest absolute Gasteiger partial charge is 0.344 e. The summed E-state index contributed by atoms with van der Waals surface area (Å²) in [4.78, 5) is 23.8. The maximum Gasteiger partial charge on any atom is 0.344 e. The normalized spacial score (nSPS) is 31.5. The van der Waals surface area contributed by atoms with Crippen LogP contribution in [0.2, 0.25) is 0 Å². The molecule has 0 aromatic rings. The van der Waals surface area contributed by atoms with E-state index in [1.54, 1.807) is 0 Å². The Hall–Kier alpha value is -1.36. The van der Waals surface area contributed by atoms with E-state index in [0.29, 0.717) is 6.42 Å². The van der Waals surface area contributed by atoms with E-state index in [1.165, 1.54) is 19.3 Å². The monoisotopic (exact) mass is 308 g/mol. The van der Waals surface area contributed by atoms with Gasteiger partial charge >= 0.3 is 11.9 Å². The summed E-state index contributed by atoms with van der Waals surface area (Å²) in [6.45, 7) is -0.285. The van der Waals surface area contributed by atoms with Gasteiger partial charge in [0, 0.05) is 0 Å². The van der Waals surface area contributed by atoms with E-state index in [1.807, 2.05) is 12.2 Å². The first-order valence-corrected chi connectivity index (χ1v) is 8.42. The number of rotatable bonds is 4. The Bertz CT molecular complexity index is 436. The minimum atomic E-state index is -0.432. The number of hydrogen-bond donors (Lipinski definition) is 0. The first kappa shape index (κ1) is 15.5. The predicted molar refractivity (Wildman–Crippen MR) is 79.1 cm³/mol. The molecular weight excluding hydrogens is 284 g/mol. The summed E-state index contributed by atoms with van der Waals surface area (Å²) in [5.41, 5.74) is 0. The molecule has 3 unspecified atom stereocenters. The lowest BCUT2D eigenvalue weighted by Gasteiger charge is -2.20. The molecule has 0 aromatic heterocycles. The highest BCUT2D eigenvalue weighted by molar-refractivity contribution is 5.79. The van der Waals surface area contributed by atoms with Gasteiger partial charge in [0.2, 0.25) is 0 Å². The number of esters is 2. The van der Waals surface area contributed by atoms with Crippen molar-refractivity contribution in [2.45, 2.75) is 69.7 Å². The van der Waals surface area contributed by atoms with Gasteiger partial charge in [-0.25, -0.2) is 4.79 Å². The third-order valence-corrected chi connectivity index (χ3v) is 4.72. The number of carbonyl (C=O) groups is 2. The highest BCUT2D eigenvalue weighted by atomic mass is 16.6. The largest absolute Gasteiger partial charge is 0.460 e. The van der Waals surface area contributed by atoms with Crippen molar-refractivity contribution in [3.8, 4) is 0 Å². The number of fused-ring (bicyclic) bond motifs is 2. The zero-order valence-electron chi connectivity index (χ0n) is 12.9. The fourth-order valence-corrected chi connectivity index (χ4v) is 3.50. The van der Waals surface area contributed by atoms with Gasteiger partial charge < -0.3 is 14.2 Å². The third-order valence-electron chi connectivity index (χ3n) is 4.72. The van der Waals surface area contributed by atoms with Crippen LogP contribution in [0.1, 0.15) is 51.4 Å². The summed E-state index contributed by atoms with van der Waals surface area (Å²) in [7, 11) is 0. The van der Waals surface area contributed by atoms with Crippen molar-refractivity contribution in [2.24, 2.45) is 5.92 Å². The van der Waals surface area contributed by atoms with E-state index in [2.05, 4.69) is 0 Å². The minimum absolute atomic E-state index is 0.0136. The molecule has 22 heavy (non-hydrogen) atoms. The van der Waals surface area contributed by atoms with Crippen LogP contribution in [-0.2, 0) is 23.8 Å². The summed E-state index contributed by atoms with van der Waals surface area (Å²) in [5.74, 6) is -1.06. The van der Waals surface area contributed by atoms with Gasteiger partial charge in [-0.1, -0.05) is 31.4 Å². The molecule has 2 fully saturated rings. The molecule has 0 N–H and O–H groups in total. The van der Waals surface area contributed by atoms with E-state index in [-0.39, 0.29) is 36.8 Å². The van der Waals surface area contributed by atoms with Crippen LogP contribution < -0.4 is 0 Å². The Morgan fingerprint density at radius 2 is 1.77 bits per heavy atom. The molecule has 0 spiro atoms. The Morgan fingerprint density at radius 3 is 2.41 bits per heavy atom. The van der Waals surface area contributed by atoms with Gasteiger partial charge in [0.25, 0.3) is 0 Å². The quantitative estimate of drug-likeness (QED) is 0.590. The molecule has 0 radical (unpaired) electrons. The van der Waals surface area contributed by atoms with Gasteiger partial charge in [-0.05, 0) is 32.1 Å². The zero-order valence-corrected chi connectivity index (χ0v) is 12.9. The molecule has 3 rings (SSSR count). The topological polar surface area (TPSA) is 61.8 Å². The fraction of sp³-hybridized carbons (Fsp3) is 0.765. The second kappa shape index (κ2) is 7.27. The van der Waals surface area contributed by atoms with Crippen molar-refractivity contribution >= 4 is 11.9 Å². The number of hydrogen-bond acceptors (Lipinski definition) is 5. The Labute approximate surface area is 131 Å². The summed E-state index contributed by atoms with van der Waals surface area (Å²) < 4.78 is 16.1. The first-order valence-electron chi connectivity index (χ1n) is 8.42. The molecule has 122 valence electrons. The maximum absolute atomic E-state index is 12.0. The third kappa shape index (κ3) is 3.88. The van der Waals surface area contributed by atoms with Crippen LogP contribution in [0.5, 0.6) is 0 Å². The van der Waals surface area contributed by atoms with E-state index < -0.39 is 5.97 Å². The van der Waals surface area contributed by atoms with Crippen molar-refractivity contribution < 1.29 is 23.8 Å². The molecule has 2 bridgehead atoms. The van der Waals surface area contributed by atoms with Crippen molar-refractivity contribution in [3.05, 3.63) is 12.2 Å². The number of carbonyl (C=O) groups excluding carboxylic acids is 2. The molecule has 5 heteroatoms. The number of ether oxygens (including phenoxy) is 3. The molecule has 3 aliphatic rings. The SMILES string of the molecule is O=C(COC(=O)C1CC2C=CC1O2)OC1CCCCCCC1. The van der Waals surface area contributed by atoms with Crippen LogP contribution in [-0.4, -0.2) is 36.9 Å². The van der Waals surface area contributed by atoms with E-state index in [0.717, 1.165) is 25.7 Å². The second-order valence-corrected chi connectivity index (χ2v) is 6.43. The van der Waals surface area contributed by atoms with Crippen LogP contribution in [0.25, 0.3) is 0 Å². The average Bonchev–Trinajstić information content (AvgIpc) is 3.10. The standard InChI is InChI=1S/C17H24O5/c18-16(22-12-6-4-2-1-3-5-7-12)11-20-17(19)14-10-13-8-9-15(14)21-13/h8-9,12-15H,1-7,10-11H2. The van der Waals surface area contributed by atoms with Crippen LogP contribution in [0.15, 0.2) is 12.2 Å². The summed E-state index contributed by atoms with van der Waals surface area (Å²) in [5, 5.41) is 0. The summed E-state index contributed by atoms with van der Waals surface area (Å²) in [6, 6.07) is 0. The average molecular weight is 308 g/mol. The Balaban J connectivity index is 1.38. The molecule has 0 aromatic carbocycles. The molecule has 1 aliphatic carbocycles. The molecule has 2 aliphatic heterocycles. The van der Waals surface area contributed by atoms with Gasteiger partial charge in [-0.15, -0.1) is 0 Å². The van der Waals surface area contributed by atoms with Gasteiger partial charge in [0.15, 0.2) is 6.61 Å². The lowest BCUT2D eigenvalue weighted by atomic mass is 9.95. The van der Waals surface area contributed by atoms with Crippen LogP contribution in [0, 0.1) is 5.92 Å². The predicted octanol–water partition coefficient (Wildman–Crippen LogP) is 2.53. The Morgan fingerprint density at radius 1 is 1.05 bits per heavy atom. The van der Waals surface area contributed by atoms with Crippen molar-refractivity contribution in [2.75, 3.05) is 6.61 Å². The molecule has 3 atom stereocenters. The second-order valence-electron chi connectivity index (χ2n) is 6.43. The molecule has 5 nitrogen and oxygen atoms in total. The Kier molecular flexibility index (Phi) is 5.13. The van der Waals surface area contributed by atoms with Crippen molar-refractivity contribution in [1.82, 2.24) is 0 Å². The fourth-order valence-electron chi connectivity index (χ4n) is 3.50. The van der Waals surface area contributed by atoms with Gasteiger partial charge in [0.1, 0.15) is 6.10 Å². The molecule has 2 heterocycles. The van der Waals surface area contributed by atoms with Gasteiger partial charge in [0.05, 0.1) is 18.1 Å². The first-order chi connectivity index (χ1) is 10.7. The lowest BCUT2D eigenvalue weighted by molar-refractivity contribution is -0.165. The highest BCUT2D eigenvalue weighted by Gasteiger charge is 2.42. The van der Waals surface area contributed by atoms with Crippen LogP contribution >= 0.6 is 0 Å². The lowest BCUT2D eigenvalue weighted by Crippen LogP contribution is -2.29. The van der Waals surface area contributed by atoms with Crippen molar-refractivity contribution in [3.63, 3.8) is 0 Å². The van der Waals surface area contributed by atoms with Crippen molar-refractivity contribution in [1.29, 1.82) is 0 Å². The van der Waals surface area contributed by atoms with E-state index in [9.17, 15) is 9.59 Å². The van der Waals surface area contributed by atoms with Crippen LogP contribution in [0.3, 0.4) is 0 Å². The minimum Gasteiger partial charge on any atom is -0.460 e. The molecule has 1 saturated heterocycles. The van der Waals surface area contributed by atoms with Gasteiger partial charge in [-0.2, -0.15) is 0 Å². The molecule has 1 saturated carbocycles.